The quantitative estimate of drug-likeness (QED) is 0.0432. The van der Waals surface area contributed by atoms with Crippen LogP contribution in [0.5, 0.6) is 0 Å². The molecule has 0 aromatic heterocycles. The fraction of sp³-hybridized carbons (Fsp3) is 1.00. The molecule has 0 spiro atoms. The van der Waals surface area contributed by atoms with Crippen molar-refractivity contribution in [3.8, 4) is 0 Å². The molecule has 0 rings (SSSR count). The van der Waals surface area contributed by atoms with Gasteiger partial charge in [0.25, 0.3) is 8.32 Å². The summed E-state index contributed by atoms with van der Waals surface area (Å²) in [6, 6.07) is 0. The molecule has 0 fully saturated rings. The fourth-order valence-electron chi connectivity index (χ4n) is 11.0. The summed E-state index contributed by atoms with van der Waals surface area (Å²) in [5, 5.41) is -0.236. The Bertz CT molecular complexity index is 696. The minimum atomic E-state index is -2.99. The first-order valence-electron chi connectivity index (χ1n) is 26.6. The molecule has 0 aromatic carbocycles. The van der Waals surface area contributed by atoms with Crippen molar-refractivity contribution in [3.63, 3.8) is 0 Å². The van der Waals surface area contributed by atoms with Gasteiger partial charge in [0.1, 0.15) is 0 Å². The van der Waals surface area contributed by atoms with Gasteiger partial charge in [0, 0.05) is 0 Å². The lowest BCUT2D eigenvalue weighted by Gasteiger charge is -2.56. The van der Waals surface area contributed by atoms with Gasteiger partial charge in [0.2, 0.25) is 0 Å². The molecular formula is C54H111OSi. The van der Waals surface area contributed by atoms with Gasteiger partial charge in [-0.15, -0.1) is 0 Å². The van der Waals surface area contributed by atoms with E-state index in [0.717, 1.165) is 19.3 Å². The Labute approximate surface area is 358 Å². The van der Waals surface area contributed by atoms with Crippen LogP contribution in [0.25, 0.3) is 0 Å². The van der Waals surface area contributed by atoms with Crippen molar-refractivity contribution in [2.24, 2.45) is 0 Å². The highest BCUT2D eigenvalue weighted by Gasteiger charge is 2.65. The molecule has 56 heavy (non-hydrogen) atoms. The minimum absolute atomic E-state index is 0.0785. The van der Waals surface area contributed by atoms with Crippen LogP contribution >= 0.6 is 0 Å². The summed E-state index contributed by atoms with van der Waals surface area (Å²) in [7, 11) is -2.99. The molecule has 2 heteroatoms. The maximum Gasteiger partial charge on any atom is 0.254 e. The first-order valence-corrected chi connectivity index (χ1v) is 28.5. The number of hydrogen-bond acceptors (Lipinski definition) is 0. The van der Waals surface area contributed by atoms with Crippen LogP contribution < -0.4 is 0 Å². The Morgan fingerprint density at radius 1 is 0.232 bits per heavy atom. The van der Waals surface area contributed by atoms with E-state index in [2.05, 4.69) is 62.3 Å². The number of rotatable bonds is 45. The summed E-state index contributed by atoms with van der Waals surface area (Å²) < 4.78 is 0. The van der Waals surface area contributed by atoms with Crippen molar-refractivity contribution >= 4 is 8.32 Å². The molecule has 0 bridgehead atoms. The van der Waals surface area contributed by atoms with E-state index in [1.54, 1.807) is 0 Å². The molecule has 0 saturated carbocycles. The average Bonchev–Trinajstić information content (AvgIpc) is 3.16. The predicted octanol–water partition coefficient (Wildman–Crippen LogP) is 21.1. The van der Waals surface area contributed by atoms with Crippen molar-refractivity contribution in [1.82, 2.24) is 0 Å². The van der Waals surface area contributed by atoms with Gasteiger partial charge in [-0.25, -0.2) is 0 Å². The summed E-state index contributed by atoms with van der Waals surface area (Å²) in [5.41, 5.74) is 0. The Morgan fingerprint density at radius 2 is 0.357 bits per heavy atom. The van der Waals surface area contributed by atoms with E-state index >= 15 is 4.80 Å². The SMILES string of the molecule is CCCCCCCCCCCCCCCC(C)(C)[Si]([O])(C(C)(C)CCCCCCCCCCCCCCC)C(C)(C)CCCCCCCCCCCCCCC. The molecule has 0 aliphatic carbocycles. The van der Waals surface area contributed by atoms with Crippen LogP contribution in [-0.4, -0.2) is 8.32 Å². The molecular weight excluding hydrogens is 693 g/mol. The summed E-state index contributed by atoms with van der Waals surface area (Å²) >= 11 is 0. The largest absolute Gasteiger partial charge is 0.296 e. The average molecular weight is 805 g/mol. The molecule has 0 atom stereocenters. The highest BCUT2D eigenvalue weighted by Crippen LogP contribution is 2.66. The van der Waals surface area contributed by atoms with Crippen molar-refractivity contribution in [2.45, 2.75) is 347 Å². The van der Waals surface area contributed by atoms with Crippen LogP contribution in [0.15, 0.2) is 0 Å². The van der Waals surface area contributed by atoms with Crippen LogP contribution in [0, 0.1) is 0 Å². The van der Waals surface area contributed by atoms with Crippen molar-refractivity contribution in [3.05, 3.63) is 0 Å². The van der Waals surface area contributed by atoms with E-state index in [1.807, 2.05) is 0 Å². The van der Waals surface area contributed by atoms with Gasteiger partial charge < -0.3 is 0 Å². The van der Waals surface area contributed by atoms with Crippen molar-refractivity contribution in [2.75, 3.05) is 0 Å². The highest BCUT2D eigenvalue weighted by molar-refractivity contribution is 6.80. The monoisotopic (exact) mass is 804 g/mol. The van der Waals surface area contributed by atoms with Crippen LogP contribution in [0.2, 0.25) is 15.1 Å². The van der Waals surface area contributed by atoms with E-state index in [4.69, 9.17) is 0 Å². The molecule has 337 valence electrons. The number of unbranched alkanes of at least 4 members (excludes halogenated alkanes) is 36. The third kappa shape index (κ3) is 27.1. The Kier molecular flexibility index (Phi) is 37.1. The van der Waals surface area contributed by atoms with Gasteiger partial charge in [-0.3, -0.25) is 4.80 Å². The smallest absolute Gasteiger partial charge is 0.254 e. The second kappa shape index (κ2) is 37.0. The molecule has 0 aliphatic heterocycles. The lowest BCUT2D eigenvalue weighted by atomic mass is 9.99. The molecule has 0 heterocycles. The second-order valence-electron chi connectivity index (χ2n) is 21.3. The lowest BCUT2D eigenvalue weighted by molar-refractivity contribution is 0.254. The van der Waals surface area contributed by atoms with E-state index in [0.29, 0.717) is 0 Å². The number of hydrogen-bond donors (Lipinski definition) is 0. The van der Waals surface area contributed by atoms with Crippen molar-refractivity contribution < 1.29 is 4.80 Å². The van der Waals surface area contributed by atoms with Gasteiger partial charge in [-0.2, -0.15) is 0 Å². The van der Waals surface area contributed by atoms with Gasteiger partial charge in [-0.05, 0) is 34.4 Å². The third-order valence-corrected chi connectivity index (χ3v) is 21.0. The van der Waals surface area contributed by atoms with Crippen LogP contribution in [0.3, 0.4) is 0 Å². The first-order chi connectivity index (χ1) is 26.9. The molecule has 1 nitrogen and oxygen atoms in total. The topological polar surface area (TPSA) is 19.9 Å². The lowest BCUT2D eigenvalue weighted by Crippen LogP contribution is -2.60. The summed E-state index contributed by atoms with van der Waals surface area (Å²) in [6.45, 7) is 21.6. The third-order valence-electron chi connectivity index (χ3n) is 14.6. The standard InChI is InChI=1S/C54H111OSi/c1-10-13-16-19-22-25-28-31-34-37-40-43-46-49-52(4,5)56(55,53(6,7)50-47-44-41-38-35-32-29-26-23-20-17-14-11-2)54(8,9)51-48-45-42-39-36-33-30-27-24-21-18-15-12-3/h10-51H2,1-9H3. The van der Waals surface area contributed by atoms with E-state index in [1.165, 1.54) is 250 Å². The Balaban J connectivity index is 4.96. The minimum Gasteiger partial charge on any atom is -0.296 e. The zero-order chi connectivity index (χ0) is 41.7. The normalized spacial score (nSPS) is 13.0. The molecule has 0 amide bonds. The highest BCUT2D eigenvalue weighted by atomic mass is 28.4. The second-order valence-corrected chi connectivity index (χ2v) is 26.7. The van der Waals surface area contributed by atoms with Gasteiger partial charge in [0.05, 0.1) is 0 Å². The molecule has 0 saturated heterocycles. The molecule has 0 N–H and O–H groups in total. The summed E-state index contributed by atoms with van der Waals surface area (Å²) in [6.07, 6.45) is 57.9. The molecule has 0 aromatic rings. The van der Waals surface area contributed by atoms with Crippen LogP contribution in [0.1, 0.15) is 332 Å². The maximum atomic E-state index is 16.2. The van der Waals surface area contributed by atoms with Gasteiger partial charge in [-0.1, -0.05) is 313 Å². The van der Waals surface area contributed by atoms with Gasteiger partial charge in [0.15, 0.2) is 0 Å². The Hall–Kier alpha value is 0.177. The first kappa shape index (κ1) is 56.2. The summed E-state index contributed by atoms with van der Waals surface area (Å²) in [4.78, 5) is 16.2. The van der Waals surface area contributed by atoms with E-state index < -0.39 is 8.32 Å². The molecule has 0 unspecified atom stereocenters. The molecule has 0 aliphatic rings. The predicted molar refractivity (Wildman–Crippen MR) is 259 cm³/mol. The molecule has 1 radical (unpaired) electrons. The van der Waals surface area contributed by atoms with Gasteiger partial charge >= 0.3 is 0 Å². The zero-order valence-electron chi connectivity index (χ0n) is 41.1. The van der Waals surface area contributed by atoms with Crippen LogP contribution in [-0.2, 0) is 4.80 Å². The maximum absolute atomic E-state index is 16.2. The van der Waals surface area contributed by atoms with E-state index in [-0.39, 0.29) is 15.1 Å². The van der Waals surface area contributed by atoms with Crippen LogP contribution in [0.4, 0.5) is 0 Å². The van der Waals surface area contributed by atoms with E-state index in [9.17, 15) is 0 Å². The fourth-order valence-corrected chi connectivity index (χ4v) is 18.1. The Morgan fingerprint density at radius 3 is 0.500 bits per heavy atom. The zero-order valence-corrected chi connectivity index (χ0v) is 42.1. The van der Waals surface area contributed by atoms with Crippen molar-refractivity contribution in [1.29, 1.82) is 0 Å². The summed E-state index contributed by atoms with van der Waals surface area (Å²) in [5.74, 6) is 0.